The molecule has 1 aromatic rings. The number of rotatable bonds is 5. The van der Waals surface area contributed by atoms with Crippen LogP contribution in [0.4, 0.5) is 0 Å². The largest absolute Gasteiger partial charge is 0.314 e. The predicted octanol–water partition coefficient (Wildman–Crippen LogP) is 3.19. The molecule has 1 aromatic heterocycles. The number of nitrogens with one attached hydrogen (secondary N) is 1. The first-order valence-electron chi connectivity index (χ1n) is 6.82. The number of unbranched alkanes of at least 4 members (excludes halogenated alkanes) is 1. The van der Waals surface area contributed by atoms with Gasteiger partial charge >= 0.3 is 0 Å². The van der Waals surface area contributed by atoms with E-state index in [1.165, 1.54) is 37.2 Å². The van der Waals surface area contributed by atoms with Crippen molar-refractivity contribution in [1.29, 1.82) is 0 Å². The molecule has 2 heterocycles. The summed E-state index contributed by atoms with van der Waals surface area (Å²) in [5.74, 6) is 0. The first-order valence-corrected chi connectivity index (χ1v) is 7.64. The van der Waals surface area contributed by atoms with Gasteiger partial charge in [0.05, 0.1) is 0 Å². The van der Waals surface area contributed by atoms with Crippen molar-refractivity contribution < 1.29 is 0 Å². The molecule has 2 nitrogen and oxygen atoms in total. The van der Waals surface area contributed by atoms with E-state index in [0.29, 0.717) is 6.04 Å². The summed E-state index contributed by atoms with van der Waals surface area (Å²) in [5, 5.41) is 3.44. The number of aryl methyl sites for hydroxylation is 1. The van der Waals surface area contributed by atoms with Gasteiger partial charge in [-0.1, -0.05) is 19.8 Å². The highest BCUT2D eigenvalue weighted by molar-refractivity contribution is 7.12. The molecule has 1 fully saturated rings. The average molecular weight is 252 g/mol. The molecule has 17 heavy (non-hydrogen) atoms. The summed E-state index contributed by atoms with van der Waals surface area (Å²) in [5.41, 5.74) is 0. The van der Waals surface area contributed by atoms with Crippen molar-refractivity contribution >= 4 is 11.3 Å². The minimum atomic E-state index is 0.663. The van der Waals surface area contributed by atoms with Gasteiger partial charge in [-0.15, -0.1) is 11.3 Å². The van der Waals surface area contributed by atoms with Crippen molar-refractivity contribution in [2.45, 2.75) is 39.2 Å². The van der Waals surface area contributed by atoms with Gasteiger partial charge in [-0.3, -0.25) is 4.90 Å². The fourth-order valence-corrected chi connectivity index (χ4v) is 3.58. The number of nitrogens with zero attached hydrogens (tertiary/aromatic N) is 1. The maximum absolute atomic E-state index is 3.44. The van der Waals surface area contributed by atoms with Crippen LogP contribution in [0, 0.1) is 6.92 Å². The number of thiophene rings is 1. The molecule has 0 radical (unpaired) electrons. The minimum absolute atomic E-state index is 0.663. The van der Waals surface area contributed by atoms with Gasteiger partial charge in [0.15, 0.2) is 0 Å². The fourth-order valence-electron chi connectivity index (χ4n) is 2.53. The molecule has 0 amide bonds. The highest BCUT2D eigenvalue weighted by Crippen LogP contribution is 2.31. The lowest BCUT2D eigenvalue weighted by molar-refractivity contribution is 0.165. The zero-order valence-corrected chi connectivity index (χ0v) is 11.9. The van der Waals surface area contributed by atoms with Crippen molar-refractivity contribution in [3.05, 3.63) is 21.9 Å². The van der Waals surface area contributed by atoms with Gasteiger partial charge in [0.25, 0.3) is 0 Å². The minimum Gasteiger partial charge on any atom is -0.314 e. The molecular weight excluding hydrogens is 228 g/mol. The van der Waals surface area contributed by atoms with Crippen LogP contribution in [0.5, 0.6) is 0 Å². The second-order valence-electron chi connectivity index (χ2n) is 4.89. The van der Waals surface area contributed by atoms with Crippen LogP contribution in [0.2, 0.25) is 0 Å². The average Bonchev–Trinajstić information content (AvgIpc) is 2.78. The quantitative estimate of drug-likeness (QED) is 0.866. The van der Waals surface area contributed by atoms with Gasteiger partial charge in [-0.25, -0.2) is 0 Å². The Bertz CT molecular complexity index is 329. The first kappa shape index (κ1) is 13.1. The van der Waals surface area contributed by atoms with Crippen molar-refractivity contribution in [1.82, 2.24) is 10.2 Å². The van der Waals surface area contributed by atoms with Crippen LogP contribution in [0.3, 0.4) is 0 Å². The van der Waals surface area contributed by atoms with Gasteiger partial charge in [0.2, 0.25) is 0 Å². The Hall–Kier alpha value is -0.380. The number of piperazine rings is 1. The van der Waals surface area contributed by atoms with Crippen LogP contribution in [0.1, 0.15) is 42.0 Å². The summed E-state index contributed by atoms with van der Waals surface area (Å²) < 4.78 is 0. The number of hydrogen-bond donors (Lipinski definition) is 1. The van der Waals surface area contributed by atoms with Crippen molar-refractivity contribution in [2.24, 2.45) is 0 Å². The van der Waals surface area contributed by atoms with E-state index >= 15 is 0 Å². The molecule has 0 spiro atoms. The molecule has 1 aliphatic rings. The first-order chi connectivity index (χ1) is 8.31. The van der Waals surface area contributed by atoms with Crippen molar-refractivity contribution in [2.75, 3.05) is 26.2 Å². The lowest BCUT2D eigenvalue weighted by atomic mass is 10.1. The van der Waals surface area contributed by atoms with Crippen LogP contribution in [0.25, 0.3) is 0 Å². The monoisotopic (exact) mass is 252 g/mol. The molecule has 96 valence electrons. The van der Waals surface area contributed by atoms with E-state index in [1.54, 1.807) is 4.88 Å². The van der Waals surface area contributed by atoms with Crippen molar-refractivity contribution in [3.63, 3.8) is 0 Å². The van der Waals surface area contributed by atoms with Gasteiger partial charge in [0, 0.05) is 42.0 Å². The van der Waals surface area contributed by atoms with Crippen LogP contribution >= 0.6 is 11.3 Å². The Morgan fingerprint density at radius 3 is 2.71 bits per heavy atom. The second kappa shape index (κ2) is 6.53. The van der Waals surface area contributed by atoms with E-state index in [2.05, 4.69) is 36.2 Å². The maximum Gasteiger partial charge on any atom is 0.0442 e. The lowest BCUT2D eigenvalue weighted by Crippen LogP contribution is -2.45. The lowest BCUT2D eigenvalue weighted by Gasteiger charge is -2.34. The third-order valence-electron chi connectivity index (χ3n) is 3.51. The van der Waals surface area contributed by atoms with Crippen LogP contribution in [-0.4, -0.2) is 31.1 Å². The summed E-state index contributed by atoms with van der Waals surface area (Å²) >= 11 is 1.98. The molecule has 0 bridgehead atoms. The van der Waals surface area contributed by atoms with Gasteiger partial charge in [0.1, 0.15) is 0 Å². The molecule has 2 rings (SSSR count). The third kappa shape index (κ3) is 3.54. The van der Waals surface area contributed by atoms with E-state index in [4.69, 9.17) is 0 Å². The van der Waals surface area contributed by atoms with E-state index < -0.39 is 0 Å². The Balaban J connectivity index is 2.06. The third-order valence-corrected chi connectivity index (χ3v) is 4.61. The van der Waals surface area contributed by atoms with Crippen LogP contribution in [-0.2, 0) is 0 Å². The molecule has 0 aliphatic carbocycles. The Morgan fingerprint density at radius 1 is 1.35 bits per heavy atom. The smallest absolute Gasteiger partial charge is 0.0442 e. The van der Waals surface area contributed by atoms with Crippen molar-refractivity contribution in [3.8, 4) is 0 Å². The van der Waals surface area contributed by atoms with Gasteiger partial charge < -0.3 is 5.32 Å². The maximum atomic E-state index is 3.44. The molecule has 3 heteroatoms. The van der Waals surface area contributed by atoms with Crippen LogP contribution < -0.4 is 5.32 Å². The molecule has 1 N–H and O–H groups in total. The highest BCUT2D eigenvalue weighted by Gasteiger charge is 2.22. The highest BCUT2D eigenvalue weighted by atomic mass is 32.1. The topological polar surface area (TPSA) is 15.3 Å². The van der Waals surface area contributed by atoms with E-state index in [-0.39, 0.29) is 0 Å². The van der Waals surface area contributed by atoms with Gasteiger partial charge in [-0.05, 0) is 25.5 Å². The van der Waals surface area contributed by atoms with E-state index in [0.717, 1.165) is 13.1 Å². The summed E-state index contributed by atoms with van der Waals surface area (Å²) in [4.78, 5) is 5.67. The van der Waals surface area contributed by atoms with Crippen LogP contribution in [0.15, 0.2) is 12.1 Å². The Morgan fingerprint density at radius 2 is 2.12 bits per heavy atom. The number of hydrogen-bond acceptors (Lipinski definition) is 3. The molecule has 0 aromatic carbocycles. The molecular formula is C14H24N2S. The molecule has 1 aliphatic heterocycles. The Kier molecular flexibility index (Phi) is 5.01. The molecule has 1 atom stereocenters. The predicted molar refractivity (Wildman–Crippen MR) is 75.8 cm³/mol. The summed E-state index contributed by atoms with van der Waals surface area (Å²) in [6.45, 7) is 9.19. The Labute approximate surface area is 109 Å². The molecule has 0 saturated carbocycles. The second-order valence-corrected chi connectivity index (χ2v) is 6.21. The molecule has 1 unspecified atom stereocenters. The summed E-state index contributed by atoms with van der Waals surface area (Å²) in [6, 6.07) is 5.26. The van der Waals surface area contributed by atoms with Gasteiger partial charge in [-0.2, -0.15) is 0 Å². The summed E-state index contributed by atoms with van der Waals surface area (Å²) in [7, 11) is 0. The van der Waals surface area contributed by atoms with E-state index in [9.17, 15) is 0 Å². The summed E-state index contributed by atoms with van der Waals surface area (Å²) in [6.07, 6.45) is 3.95. The standard InChI is InChI=1S/C14H24N2S/c1-3-4-5-13(14-7-6-12(2)17-14)16-10-8-15-9-11-16/h6-7,13,15H,3-5,8-11H2,1-2H3. The normalized spacial score (nSPS) is 19.4. The zero-order valence-electron chi connectivity index (χ0n) is 11.0. The SMILES string of the molecule is CCCCC(c1ccc(C)s1)N1CCNCC1. The molecule has 1 saturated heterocycles. The fraction of sp³-hybridized carbons (Fsp3) is 0.714. The zero-order chi connectivity index (χ0) is 12.1. The van der Waals surface area contributed by atoms with E-state index in [1.807, 2.05) is 11.3 Å².